The number of thiazole rings is 1. The first-order valence-corrected chi connectivity index (χ1v) is 13.8. The zero-order chi connectivity index (χ0) is 23.4. The van der Waals surface area contributed by atoms with E-state index in [1.807, 2.05) is 13.0 Å². The summed E-state index contributed by atoms with van der Waals surface area (Å²) in [5, 5.41) is 9.82. The van der Waals surface area contributed by atoms with E-state index in [0.29, 0.717) is 11.1 Å². The van der Waals surface area contributed by atoms with Crippen molar-refractivity contribution < 1.29 is 17.5 Å². The highest BCUT2D eigenvalue weighted by molar-refractivity contribution is 8.24. The molecular weight excluding hydrogens is 480 g/mol. The fourth-order valence-electron chi connectivity index (χ4n) is 3.80. The van der Waals surface area contributed by atoms with E-state index in [-0.39, 0.29) is 33.5 Å². The summed E-state index contributed by atoms with van der Waals surface area (Å²) in [4.78, 5) is 8.76. The van der Waals surface area contributed by atoms with E-state index in [0.717, 1.165) is 15.2 Å². The van der Waals surface area contributed by atoms with E-state index in [4.69, 9.17) is 5.26 Å². The number of hydrogen-bond donors (Lipinski definition) is 2. The Balaban J connectivity index is 1.63. The topological polar surface area (TPSA) is 127 Å². The molecule has 0 saturated carbocycles. The van der Waals surface area contributed by atoms with Crippen molar-refractivity contribution in [1.29, 1.82) is 5.26 Å². The van der Waals surface area contributed by atoms with Gasteiger partial charge in [0.2, 0.25) is 0 Å². The number of benzene rings is 2. The molecule has 2 N–H and O–H groups in total. The van der Waals surface area contributed by atoms with Crippen molar-refractivity contribution in [3.63, 3.8) is 0 Å². The van der Waals surface area contributed by atoms with E-state index in [1.165, 1.54) is 27.9 Å². The molecule has 0 amide bonds. The molecule has 0 fully saturated rings. The van der Waals surface area contributed by atoms with Crippen molar-refractivity contribution in [3.8, 4) is 17.2 Å². The molecule has 1 aliphatic rings. The van der Waals surface area contributed by atoms with E-state index in [9.17, 15) is 17.5 Å². The van der Waals surface area contributed by atoms with Crippen LogP contribution < -0.4 is 4.31 Å². The van der Waals surface area contributed by atoms with Gasteiger partial charge in [0, 0.05) is 11.8 Å². The fourth-order valence-corrected chi connectivity index (χ4v) is 7.86. The number of anilines is 1. The normalized spacial score (nSPS) is 16.2. The molecule has 5 rings (SSSR count). The Morgan fingerprint density at radius 2 is 1.91 bits per heavy atom. The summed E-state index contributed by atoms with van der Waals surface area (Å²) in [6.45, 7) is 1.80. The lowest BCUT2D eigenvalue weighted by molar-refractivity contribution is 0.484. The molecule has 1 aliphatic heterocycles. The molecule has 0 spiro atoms. The van der Waals surface area contributed by atoms with Gasteiger partial charge in [-0.1, -0.05) is 6.07 Å². The molecule has 0 unspecified atom stereocenters. The van der Waals surface area contributed by atoms with Crippen LogP contribution in [-0.4, -0.2) is 39.8 Å². The number of pyridine rings is 1. The predicted octanol–water partition coefficient (Wildman–Crippen LogP) is 4.86. The first kappa shape index (κ1) is 21.8. The molecule has 2 aromatic heterocycles. The highest BCUT2D eigenvalue weighted by Gasteiger charge is 2.36. The van der Waals surface area contributed by atoms with Gasteiger partial charge >= 0.3 is 0 Å². The van der Waals surface area contributed by atoms with E-state index >= 15 is 0 Å². The molecule has 168 valence electrons. The van der Waals surface area contributed by atoms with E-state index in [2.05, 4.69) is 9.97 Å². The number of fused-ring (bicyclic) bond motifs is 2. The minimum Gasteiger partial charge on any atom is -0.295 e. The Kier molecular flexibility index (Phi) is 5.15. The quantitative estimate of drug-likeness (QED) is 0.413. The van der Waals surface area contributed by atoms with Gasteiger partial charge in [-0.3, -0.25) is 13.4 Å². The lowest BCUT2D eigenvalue weighted by Gasteiger charge is -2.42. The van der Waals surface area contributed by atoms with E-state index in [1.54, 1.807) is 42.5 Å². The first-order valence-electron chi connectivity index (χ1n) is 9.85. The molecule has 3 heterocycles. The molecule has 2 aromatic carbocycles. The molecule has 4 aromatic rings. The van der Waals surface area contributed by atoms with Gasteiger partial charge in [0.1, 0.15) is 11.8 Å². The van der Waals surface area contributed by atoms with Crippen molar-refractivity contribution >= 4 is 47.9 Å². The van der Waals surface area contributed by atoms with Crippen LogP contribution in [0.25, 0.3) is 21.3 Å². The lowest BCUT2D eigenvalue weighted by atomic mass is 10.1. The summed E-state index contributed by atoms with van der Waals surface area (Å²) in [6.07, 6.45) is 1.53. The Morgan fingerprint density at radius 3 is 2.64 bits per heavy atom. The SMILES string of the molecule is Cc1nc2ccc(S(=O)(=O)N3CCS(O)(O)c4ccc(-c5ccc(C#N)nc5)cc43)cc2s1. The summed E-state index contributed by atoms with van der Waals surface area (Å²) < 4.78 is 50.5. The largest absolute Gasteiger partial charge is 0.295 e. The second-order valence-corrected chi connectivity index (χ2v) is 12.8. The van der Waals surface area contributed by atoms with Crippen molar-refractivity contribution in [1.82, 2.24) is 9.97 Å². The third kappa shape index (κ3) is 3.76. The number of nitrogens with zero attached hydrogens (tertiary/aromatic N) is 4. The zero-order valence-electron chi connectivity index (χ0n) is 17.3. The van der Waals surface area contributed by atoms with Gasteiger partial charge in [-0.2, -0.15) is 15.9 Å². The zero-order valence-corrected chi connectivity index (χ0v) is 19.8. The number of hydrogen-bond acceptors (Lipinski definition) is 8. The van der Waals surface area contributed by atoms with Crippen molar-refractivity contribution in [3.05, 3.63) is 65.4 Å². The van der Waals surface area contributed by atoms with Crippen LogP contribution in [0.4, 0.5) is 5.69 Å². The Morgan fingerprint density at radius 1 is 1.12 bits per heavy atom. The Labute approximate surface area is 196 Å². The second kappa shape index (κ2) is 7.79. The van der Waals surface area contributed by atoms with Gasteiger partial charge in [0.05, 0.1) is 43.0 Å². The van der Waals surface area contributed by atoms with Crippen molar-refractivity contribution in [2.75, 3.05) is 16.6 Å². The number of nitriles is 1. The smallest absolute Gasteiger partial charge is 0.264 e. The van der Waals surface area contributed by atoms with Gasteiger partial charge < -0.3 is 0 Å². The number of aryl methyl sites for hydroxylation is 1. The average molecular weight is 499 g/mol. The van der Waals surface area contributed by atoms with Gasteiger partial charge in [-0.05, 0) is 55.0 Å². The van der Waals surface area contributed by atoms with Crippen LogP contribution in [0.2, 0.25) is 0 Å². The van der Waals surface area contributed by atoms with Crippen LogP contribution in [0.5, 0.6) is 0 Å². The van der Waals surface area contributed by atoms with Gasteiger partial charge in [-0.25, -0.2) is 18.4 Å². The number of aromatic nitrogens is 2. The van der Waals surface area contributed by atoms with Gasteiger partial charge in [-0.15, -0.1) is 11.3 Å². The van der Waals surface area contributed by atoms with Crippen LogP contribution in [0.15, 0.2) is 64.5 Å². The Bertz CT molecular complexity index is 1540. The minimum atomic E-state index is -3.97. The molecule has 33 heavy (non-hydrogen) atoms. The molecule has 0 atom stereocenters. The molecule has 0 radical (unpaired) electrons. The molecule has 8 nitrogen and oxygen atoms in total. The minimum absolute atomic E-state index is 0.0630. The van der Waals surface area contributed by atoms with E-state index < -0.39 is 20.6 Å². The monoisotopic (exact) mass is 498 g/mol. The summed E-state index contributed by atoms with van der Waals surface area (Å²) in [5.74, 6) is -0.0844. The van der Waals surface area contributed by atoms with Crippen LogP contribution in [0, 0.1) is 18.3 Å². The fraction of sp³-hybridized carbons (Fsp3) is 0.136. The maximum absolute atomic E-state index is 13.7. The van der Waals surface area contributed by atoms with Crippen LogP contribution in [-0.2, 0) is 10.0 Å². The average Bonchev–Trinajstić information content (AvgIpc) is 3.18. The number of rotatable bonds is 3. The summed E-state index contributed by atoms with van der Waals surface area (Å²) >= 11 is 1.42. The van der Waals surface area contributed by atoms with Crippen molar-refractivity contribution in [2.45, 2.75) is 16.7 Å². The molecule has 0 aliphatic carbocycles. The van der Waals surface area contributed by atoms with Crippen LogP contribution in [0.1, 0.15) is 10.7 Å². The molecule has 0 saturated heterocycles. The molecule has 0 bridgehead atoms. The summed E-state index contributed by atoms with van der Waals surface area (Å²) in [6, 6.07) is 14.9. The third-order valence-electron chi connectivity index (χ3n) is 5.43. The second-order valence-electron chi connectivity index (χ2n) is 7.54. The standard InChI is InChI=1S/C22H18N4O4S3/c1-14-25-19-6-5-18(11-21(19)31-14)33(29,30)26-8-9-32(27,28)22-7-3-15(10-20(22)26)16-2-4-17(12-23)24-13-16/h2-7,10-11,13,27-28H,8-9H2,1H3. The van der Waals surface area contributed by atoms with Crippen LogP contribution in [0.3, 0.4) is 0 Å². The molecular formula is C22H18N4O4S3. The van der Waals surface area contributed by atoms with Gasteiger partial charge in [0.15, 0.2) is 0 Å². The first-order chi connectivity index (χ1) is 15.7. The summed E-state index contributed by atoms with van der Waals surface area (Å²) in [7, 11) is -7.10. The maximum Gasteiger partial charge on any atom is 0.264 e. The van der Waals surface area contributed by atoms with Gasteiger partial charge in [0.25, 0.3) is 10.0 Å². The highest BCUT2D eigenvalue weighted by Crippen LogP contribution is 2.56. The summed E-state index contributed by atoms with van der Waals surface area (Å²) in [5.41, 5.74) is 2.56. The Hall–Kier alpha value is -3.01. The maximum atomic E-state index is 13.7. The van der Waals surface area contributed by atoms with Crippen molar-refractivity contribution in [2.24, 2.45) is 0 Å². The number of sulfonamides is 1. The van der Waals surface area contributed by atoms with Crippen LogP contribution >= 0.6 is 21.9 Å². The molecule has 11 heteroatoms. The highest BCUT2D eigenvalue weighted by atomic mass is 32.3. The third-order valence-corrected chi connectivity index (χ3v) is 9.97. The predicted molar refractivity (Wildman–Crippen MR) is 129 cm³/mol. The lowest BCUT2D eigenvalue weighted by Crippen LogP contribution is -2.38.